The lowest BCUT2D eigenvalue weighted by Gasteiger charge is -2.63. The van der Waals surface area contributed by atoms with Crippen molar-refractivity contribution in [3.8, 4) is 0 Å². The third kappa shape index (κ3) is 2.84. The zero-order valence-corrected chi connectivity index (χ0v) is 18.4. The molecule has 0 unspecified atom stereocenters. The predicted molar refractivity (Wildman–Crippen MR) is 96.3 cm³/mol. The van der Waals surface area contributed by atoms with Crippen LogP contribution in [0.15, 0.2) is 0 Å². The highest BCUT2D eigenvalue weighted by atomic mass is 28.4. The molecule has 1 saturated carbocycles. The molecule has 0 aromatic rings. The van der Waals surface area contributed by atoms with Crippen molar-refractivity contribution in [2.24, 2.45) is 23.7 Å². The first-order valence-electron chi connectivity index (χ1n) is 10.2. The summed E-state index contributed by atoms with van der Waals surface area (Å²) in [5.41, 5.74) is -1.04. The average Bonchev–Trinajstić information content (AvgIpc) is 2.76. The van der Waals surface area contributed by atoms with Crippen LogP contribution in [0.25, 0.3) is 0 Å². The fourth-order valence-corrected chi connectivity index (χ4v) is 7.13. The number of rotatable bonds is 2. The van der Waals surface area contributed by atoms with E-state index in [2.05, 4.69) is 6.92 Å². The molecule has 0 radical (unpaired) electrons. The van der Waals surface area contributed by atoms with Crippen molar-refractivity contribution in [3.63, 3.8) is 0 Å². The van der Waals surface area contributed by atoms with Crippen LogP contribution in [0.3, 0.4) is 0 Å². The molecule has 0 aromatic heterocycles. The lowest BCUT2D eigenvalue weighted by Crippen LogP contribution is -2.76. The highest BCUT2D eigenvalue weighted by Gasteiger charge is 2.77. The van der Waals surface area contributed by atoms with E-state index in [1.54, 1.807) is 33.5 Å². The van der Waals surface area contributed by atoms with E-state index in [1.807, 2.05) is 0 Å². The minimum atomic E-state index is -4.69. The molecule has 28 heavy (non-hydrogen) atoms. The molecule has 5 aliphatic rings. The minimum Gasteiger partial charge on any atom is -0.384 e. The van der Waals surface area contributed by atoms with Crippen molar-refractivity contribution in [2.75, 3.05) is 0 Å². The Hall–Kier alpha value is -0.193. The Morgan fingerprint density at radius 2 is 1.64 bits per heavy atom. The third-order valence-electron chi connectivity index (χ3n) is 7.11. The molecule has 2 bridgehead atoms. The Kier molecular flexibility index (Phi) is 4.64. The van der Waals surface area contributed by atoms with Crippen molar-refractivity contribution < 1.29 is 36.8 Å². The van der Waals surface area contributed by atoms with E-state index in [1.165, 1.54) is 0 Å². The SMILES string of the molecule is C[C@@H]1CC[C@H]2[C@@H](C)[C@](O[Si](C)(C)C)(C(F)(F)F)O[C@@H]3O[C@@]4(C)CC[C@@H]1[C@]32OO4. The first-order chi connectivity index (χ1) is 12.7. The van der Waals surface area contributed by atoms with Crippen LogP contribution >= 0.6 is 0 Å². The van der Waals surface area contributed by atoms with Gasteiger partial charge in [-0.15, -0.1) is 0 Å². The predicted octanol–water partition coefficient (Wildman–Crippen LogP) is 4.98. The van der Waals surface area contributed by atoms with Crippen molar-refractivity contribution in [1.82, 2.24) is 0 Å². The number of alkyl halides is 3. The van der Waals surface area contributed by atoms with E-state index in [0.717, 1.165) is 12.8 Å². The fourth-order valence-electron chi connectivity index (χ4n) is 5.87. The first-order valence-corrected chi connectivity index (χ1v) is 13.6. The smallest absolute Gasteiger partial charge is 0.384 e. The van der Waals surface area contributed by atoms with Gasteiger partial charge in [-0.3, -0.25) is 0 Å². The first kappa shape index (κ1) is 21.1. The highest BCUT2D eigenvalue weighted by Crippen LogP contribution is 2.64. The third-order valence-corrected chi connectivity index (χ3v) is 8.03. The summed E-state index contributed by atoms with van der Waals surface area (Å²) in [6.07, 6.45) is -3.11. The van der Waals surface area contributed by atoms with Crippen molar-refractivity contribution >= 4 is 8.32 Å². The van der Waals surface area contributed by atoms with E-state index in [0.29, 0.717) is 18.8 Å². The van der Waals surface area contributed by atoms with Crippen LogP contribution in [0.4, 0.5) is 13.2 Å². The van der Waals surface area contributed by atoms with Crippen LogP contribution < -0.4 is 0 Å². The standard InChI is InChI=1S/C19H31F3O5Si/c1-11-7-8-14-12(2)18(19(20,21)22,27-28(4,5)6)24-15-17(14)13(11)9-10-16(3,23-15)25-26-17/h11-15H,7-10H2,1-6H3/t11-,12-,13+,14+,15+,16-,17-,18+/m1/s1. The van der Waals surface area contributed by atoms with Gasteiger partial charge < -0.3 is 13.9 Å². The van der Waals surface area contributed by atoms with Gasteiger partial charge in [0, 0.05) is 18.3 Å². The maximum atomic E-state index is 14.5. The maximum Gasteiger partial charge on any atom is 0.442 e. The zero-order chi connectivity index (χ0) is 20.8. The maximum absolute atomic E-state index is 14.5. The summed E-state index contributed by atoms with van der Waals surface area (Å²) >= 11 is 0. The second-order valence-corrected chi connectivity index (χ2v) is 14.6. The summed E-state index contributed by atoms with van der Waals surface area (Å²) in [4.78, 5) is 11.6. The fraction of sp³-hybridized carbons (Fsp3) is 1.00. The van der Waals surface area contributed by atoms with E-state index < -0.39 is 49.8 Å². The van der Waals surface area contributed by atoms with Crippen LogP contribution in [-0.4, -0.2) is 38.0 Å². The van der Waals surface area contributed by atoms with Gasteiger partial charge in [0.05, 0.1) is 0 Å². The highest BCUT2D eigenvalue weighted by molar-refractivity contribution is 6.69. The molecule has 0 N–H and O–H groups in total. The second kappa shape index (κ2) is 6.17. The van der Waals surface area contributed by atoms with E-state index in [9.17, 15) is 13.2 Å². The van der Waals surface area contributed by atoms with Gasteiger partial charge in [-0.1, -0.05) is 13.8 Å². The molecule has 8 atom stereocenters. The van der Waals surface area contributed by atoms with Crippen LogP contribution in [0, 0.1) is 23.7 Å². The number of halogens is 3. The van der Waals surface area contributed by atoms with Crippen LogP contribution in [-0.2, 0) is 23.7 Å². The zero-order valence-electron chi connectivity index (χ0n) is 17.4. The molecular formula is C19H31F3O5Si. The largest absolute Gasteiger partial charge is 0.442 e. The van der Waals surface area contributed by atoms with Gasteiger partial charge in [0.1, 0.15) is 0 Å². The number of hydrogen-bond donors (Lipinski definition) is 0. The van der Waals surface area contributed by atoms with Gasteiger partial charge in [-0.25, -0.2) is 9.78 Å². The van der Waals surface area contributed by atoms with Crippen molar-refractivity contribution in [3.05, 3.63) is 0 Å². The van der Waals surface area contributed by atoms with Gasteiger partial charge in [0.25, 0.3) is 5.79 Å². The lowest BCUT2D eigenvalue weighted by atomic mass is 9.57. The molecule has 4 aliphatic heterocycles. The monoisotopic (exact) mass is 424 g/mol. The lowest BCUT2D eigenvalue weighted by molar-refractivity contribution is -0.595. The molecule has 5 rings (SSSR count). The van der Waals surface area contributed by atoms with Crippen LogP contribution in [0.5, 0.6) is 0 Å². The van der Waals surface area contributed by atoms with E-state index in [4.69, 9.17) is 23.7 Å². The molecule has 1 aliphatic carbocycles. The van der Waals surface area contributed by atoms with E-state index >= 15 is 0 Å². The Labute approximate surface area is 165 Å². The van der Waals surface area contributed by atoms with Crippen LogP contribution in [0.2, 0.25) is 19.6 Å². The van der Waals surface area contributed by atoms with Crippen LogP contribution in [0.1, 0.15) is 46.5 Å². The normalized spacial score (nSPS) is 51.5. The Bertz CT molecular complexity index is 640. The Balaban J connectivity index is 1.85. The number of hydrogen-bond acceptors (Lipinski definition) is 5. The van der Waals surface area contributed by atoms with Gasteiger partial charge >= 0.3 is 6.18 Å². The molecule has 4 heterocycles. The molecule has 1 spiro atoms. The van der Waals surface area contributed by atoms with Gasteiger partial charge in [-0.05, 0) is 57.7 Å². The summed E-state index contributed by atoms with van der Waals surface area (Å²) in [6, 6.07) is 0. The molecule has 9 heteroatoms. The molecule has 5 nitrogen and oxygen atoms in total. The Morgan fingerprint density at radius 3 is 2.25 bits per heavy atom. The molecule has 4 saturated heterocycles. The van der Waals surface area contributed by atoms with E-state index in [-0.39, 0.29) is 5.92 Å². The van der Waals surface area contributed by atoms with Crippen molar-refractivity contribution in [1.29, 1.82) is 0 Å². The Morgan fingerprint density at radius 1 is 0.964 bits per heavy atom. The summed E-state index contributed by atoms with van der Waals surface area (Å²) in [6.45, 7) is 10.6. The summed E-state index contributed by atoms with van der Waals surface area (Å²) in [5.74, 6) is -4.89. The van der Waals surface area contributed by atoms with Crippen molar-refractivity contribution in [2.45, 2.75) is 95.7 Å². The molecule has 0 aromatic carbocycles. The summed E-state index contributed by atoms with van der Waals surface area (Å²) in [5, 5.41) is 0. The van der Waals surface area contributed by atoms with Gasteiger partial charge in [-0.2, -0.15) is 13.2 Å². The topological polar surface area (TPSA) is 46.2 Å². The molecule has 162 valence electrons. The average molecular weight is 425 g/mol. The van der Waals surface area contributed by atoms with Gasteiger partial charge in [0.15, 0.2) is 20.2 Å². The van der Waals surface area contributed by atoms with Gasteiger partial charge in [0.2, 0.25) is 5.79 Å². The number of fused-ring (bicyclic) bond motifs is 2. The molecule has 0 amide bonds. The number of ether oxygens (including phenoxy) is 2. The molecule has 5 fully saturated rings. The molecular weight excluding hydrogens is 393 g/mol. The quantitative estimate of drug-likeness (QED) is 0.462. The second-order valence-electron chi connectivity index (χ2n) is 10.2. The summed E-state index contributed by atoms with van der Waals surface area (Å²) in [7, 11) is -2.61. The summed E-state index contributed by atoms with van der Waals surface area (Å²) < 4.78 is 61.3. The minimum absolute atomic E-state index is 0.0149.